The smallest absolute Gasteiger partial charge is 0 e. The summed E-state index contributed by atoms with van der Waals surface area (Å²) >= 11 is 0. The first-order valence-electron chi connectivity index (χ1n) is 37.0. The van der Waals surface area contributed by atoms with Gasteiger partial charge in [0.25, 0.3) is 0 Å². The molecule has 610 valence electrons. The average molecular weight is 1760 g/mol. The molecule has 4 radical (unpaired) electrons. The number of hydrogen-bond donors (Lipinski definition) is 0. The molecule has 105 heavy (non-hydrogen) atoms. The summed E-state index contributed by atoms with van der Waals surface area (Å²) in [7, 11) is 0. The van der Waals surface area contributed by atoms with Gasteiger partial charge in [-0.2, -0.15) is 0 Å². The predicted molar refractivity (Wildman–Crippen MR) is 502 cm³/mol. The number of unbranched alkanes of at least 4 members (excludes halogenated alkanes) is 1. The van der Waals surface area contributed by atoms with Gasteiger partial charge in [-0.15, -0.1) is 0 Å². The number of hydrogen-bond acceptors (Lipinski definition) is 0. The van der Waals surface area contributed by atoms with Gasteiger partial charge >= 0.3 is 0 Å². The molecule has 0 aliphatic heterocycles. The second-order valence-electron chi connectivity index (χ2n) is 16.8. The monoisotopic (exact) mass is 1760 g/mol. The topological polar surface area (TPSA) is 0 Å². The molecule has 9 aromatic rings. The van der Waals surface area contributed by atoms with Crippen LogP contribution in [0.15, 0.2) is 273 Å². The van der Waals surface area contributed by atoms with Gasteiger partial charge in [0.1, 0.15) is 0 Å². The number of fused-ring (bicyclic) bond motifs is 1. The normalized spacial score (nSPS) is 6.31. The van der Waals surface area contributed by atoms with Gasteiger partial charge in [0.05, 0.1) is 0 Å². The minimum Gasteiger partial charge on any atom is -0.358 e. The Morgan fingerprint density at radius 3 is 0.267 bits per heavy atom. The molecule has 0 aliphatic rings. The van der Waals surface area contributed by atoms with Crippen LogP contribution in [0.2, 0.25) is 0 Å². The van der Waals surface area contributed by atoms with Crippen molar-refractivity contribution in [2.24, 2.45) is 0 Å². The van der Waals surface area contributed by atoms with Crippen LogP contribution in [0.3, 0.4) is 0 Å². The van der Waals surface area contributed by atoms with Crippen LogP contribution in [0.1, 0.15) is 274 Å². The largest absolute Gasteiger partial charge is 0.358 e. The molecule has 0 saturated carbocycles. The van der Waals surface area contributed by atoms with Crippen LogP contribution in [-0.4, -0.2) is 0 Å². The molecule has 9 rings (SSSR count). The summed E-state index contributed by atoms with van der Waals surface area (Å²) in [6.45, 7) is 71.8. The summed E-state index contributed by atoms with van der Waals surface area (Å²) in [4.78, 5) is 0. The molecule has 0 fully saturated rings. The van der Waals surface area contributed by atoms with Crippen LogP contribution >= 0.6 is 0 Å². The zero-order chi connectivity index (χ0) is 75.1. The van der Waals surface area contributed by atoms with Crippen LogP contribution in [0.5, 0.6) is 0 Å². The maximum absolute atomic E-state index is 2.18. The molecular weight excluding hydrogens is 1570 g/mol. The summed E-state index contributed by atoms with van der Waals surface area (Å²) in [5.74, 6) is 0. The van der Waals surface area contributed by atoms with Gasteiger partial charge in [-0.1, -0.05) is 547 Å². The van der Waals surface area contributed by atoms with Crippen molar-refractivity contribution in [1.82, 2.24) is 0 Å². The van der Waals surface area contributed by atoms with Crippen molar-refractivity contribution in [1.29, 1.82) is 0 Å². The summed E-state index contributed by atoms with van der Waals surface area (Å²) in [5.41, 5.74) is 6.61. The van der Waals surface area contributed by atoms with E-state index >= 15 is 0 Å². The Morgan fingerprint density at radius 2 is 0.210 bits per heavy atom. The Kier molecular flexibility index (Phi) is 365. The molecule has 0 nitrogen and oxygen atoms in total. The van der Waals surface area contributed by atoms with Crippen molar-refractivity contribution in [3.8, 4) is 0 Å². The quantitative estimate of drug-likeness (QED) is 0.144. The summed E-state index contributed by atoms with van der Waals surface area (Å²) in [6.07, 6.45) is 7.64. The van der Waals surface area contributed by atoms with Crippen LogP contribution < -0.4 is 0 Å². The van der Waals surface area contributed by atoms with E-state index in [0.717, 1.165) is 0 Å². The fraction of sp³-hybridized carbons (Fsp3) is 0.406. The first-order chi connectivity index (χ1) is 45.5. The van der Waals surface area contributed by atoms with E-state index in [1.807, 2.05) is 302 Å². The molecule has 0 aliphatic carbocycles. The Balaban J connectivity index is -0.0000000263. The van der Waals surface area contributed by atoms with Crippen molar-refractivity contribution in [2.45, 2.75) is 281 Å². The molecule has 0 heterocycles. The van der Waals surface area contributed by atoms with E-state index in [1.165, 1.54) is 77.1 Å². The van der Waals surface area contributed by atoms with Crippen molar-refractivity contribution in [3.05, 3.63) is 360 Å². The molecule has 0 saturated heterocycles. The predicted octanol–water partition coefficient (Wildman–Crippen LogP) is 37.5. The van der Waals surface area contributed by atoms with E-state index in [1.54, 1.807) is 0 Å². The SMILES string of the molecule is CC.CC.CC.CC.CC.CC.CC.CC.CC.CC.CCC.CCC.CCC.CCC.CCCC.Cc1ccccc1.Cc1ccccc1.Cc1ccccc1.Cc1ccccc1.Cc1ccccc1.[CH3-].[CH3-].[CH3-].[CH3-].[CH3-].[CH3-].[CH3-].[CH3-].[Y].[Y].[Y].[Y].c1ccc2ccccc2c1.c1ccccc1.c1ccccc1. The molecular formula is C101H186Y4-8. The van der Waals surface area contributed by atoms with Gasteiger partial charge in [0.2, 0.25) is 0 Å². The average Bonchev–Trinajstić information content (AvgIpc) is 0.876. The molecule has 0 amide bonds. The third kappa shape index (κ3) is 214. The van der Waals surface area contributed by atoms with Crippen LogP contribution in [0.4, 0.5) is 0 Å². The zero-order valence-corrected chi connectivity index (χ0v) is 90.4. The maximum Gasteiger partial charge on any atom is 0 e. The van der Waals surface area contributed by atoms with E-state index in [-0.39, 0.29) is 190 Å². The second-order valence-corrected chi connectivity index (χ2v) is 16.8. The first-order valence-corrected chi connectivity index (χ1v) is 37.0. The first kappa shape index (κ1) is 181. The number of aryl methyl sites for hydroxylation is 5. The van der Waals surface area contributed by atoms with Crippen molar-refractivity contribution in [3.63, 3.8) is 0 Å². The van der Waals surface area contributed by atoms with Crippen molar-refractivity contribution in [2.75, 3.05) is 0 Å². The summed E-state index contributed by atoms with van der Waals surface area (Å²) in [6, 6.07) is 92.0. The molecule has 9 aromatic carbocycles. The minimum absolute atomic E-state index is 0. The van der Waals surface area contributed by atoms with Gasteiger partial charge in [0.15, 0.2) is 0 Å². The van der Waals surface area contributed by atoms with Crippen LogP contribution in [-0.2, 0) is 131 Å². The third-order valence-electron chi connectivity index (χ3n) is 8.19. The van der Waals surface area contributed by atoms with Gasteiger partial charge in [0, 0.05) is 131 Å². The molecule has 0 bridgehead atoms. The summed E-state index contributed by atoms with van der Waals surface area (Å²) < 4.78 is 0. The Labute approximate surface area is 773 Å². The molecule has 0 unspecified atom stereocenters. The number of benzene rings is 9. The molecule has 4 heteroatoms. The van der Waals surface area contributed by atoms with Crippen LogP contribution in [0.25, 0.3) is 10.8 Å². The van der Waals surface area contributed by atoms with Crippen molar-refractivity contribution < 1.29 is 131 Å². The van der Waals surface area contributed by atoms with E-state index in [0.29, 0.717) is 0 Å². The van der Waals surface area contributed by atoms with E-state index < -0.39 is 0 Å². The summed E-state index contributed by atoms with van der Waals surface area (Å²) in [5, 5.41) is 2.62. The van der Waals surface area contributed by atoms with Crippen molar-refractivity contribution >= 4 is 10.8 Å². The molecule has 0 aromatic heterocycles. The fourth-order valence-electron chi connectivity index (χ4n) is 4.57. The van der Waals surface area contributed by atoms with Crippen LogP contribution in [0, 0.1) is 94.0 Å². The maximum atomic E-state index is 2.18. The molecule has 0 atom stereocenters. The van der Waals surface area contributed by atoms with E-state index in [4.69, 9.17) is 0 Å². The fourth-order valence-corrected chi connectivity index (χ4v) is 4.57. The Bertz CT molecular complexity index is 1880. The van der Waals surface area contributed by atoms with E-state index in [2.05, 4.69) is 213 Å². The van der Waals surface area contributed by atoms with Gasteiger partial charge in [-0.25, -0.2) is 0 Å². The zero-order valence-electron chi connectivity index (χ0n) is 79.0. The Morgan fingerprint density at radius 1 is 0.143 bits per heavy atom. The van der Waals surface area contributed by atoms with Gasteiger partial charge in [-0.3, -0.25) is 0 Å². The molecule has 0 N–H and O–H groups in total. The standard InChI is InChI=1S/C10H8.5C7H8.2C6H6.C4H10.4C3H8.10C2H6.8CH3.4Y/c1-2-6-10-8-4-3-7-9(10)5-1;5*1-7-5-3-2-4-6-7;2*1-2-4-6-5-3-1;1-3-4-2;4*1-3-2;10*1-2;;;;;;;;;;;;/h1-8H;5*2-6H,1H3;2*1-6H;3-4H2,1-2H3;4*3H2,1-2H3;10*1-2H3;8*1H3;;;;/q;;;;;;;;;;;;;;;;;;;;;;;8*-1;;;;. The van der Waals surface area contributed by atoms with Gasteiger partial charge in [-0.05, 0) is 45.4 Å². The van der Waals surface area contributed by atoms with E-state index in [9.17, 15) is 0 Å². The van der Waals surface area contributed by atoms with Gasteiger partial charge < -0.3 is 59.4 Å². The minimum atomic E-state index is 0. The second kappa shape index (κ2) is 212. The number of rotatable bonds is 1. The Hall–Kier alpha value is -2.34. The molecule has 0 spiro atoms. The third-order valence-corrected chi connectivity index (χ3v) is 8.19.